The second kappa shape index (κ2) is 3.59. The summed E-state index contributed by atoms with van der Waals surface area (Å²) >= 11 is 0. The van der Waals surface area contributed by atoms with Gasteiger partial charge in [-0.05, 0) is 27.2 Å². The first-order valence-corrected chi connectivity index (χ1v) is 6.44. The minimum Gasteiger partial charge on any atom is -0.0801 e. The van der Waals surface area contributed by atoms with E-state index in [-0.39, 0.29) is 9.13 Å². The van der Waals surface area contributed by atoms with Crippen LogP contribution in [0.15, 0.2) is 59.3 Å². The monoisotopic (exact) mass is 208 g/mol. The van der Waals surface area contributed by atoms with Gasteiger partial charge in [-0.2, -0.15) is 0 Å². The molecule has 0 N–H and O–H groups in total. The number of hydrogen-bond donors (Lipinski definition) is 0. The Morgan fingerprint density at radius 2 is 1.93 bits per heavy atom. The van der Waals surface area contributed by atoms with Gasteiger partial charge in [-0.25, -0.2) is 0 Å². The lowest BCUT2D eigenvalue weighted by Crippen LogP contribution is -2.03. The Balaban J connectivity index is 2.32. The summed E-state index contributed by atoms with van der Waals surface area (Å²) in [7, 11) is 0.272. The molecule has 0 nitrogen and oxygen atoms in total. The van der Waals surface area contributed by atoms with Crippen molar-refractivity contribution >= 4 is 15.2 Å². The predicted octanol–water partition coefficient (Wildman–Crippen LogP) is 1.94. The fourth-order valence-corrected chi connectivity index (χ4v) is 3.56. The molecule has 0 unspecified atom stereocenters. The van der Waals surface area contributed by atoms with Crippen molar-refractivity contribution in [2.45, 2.75) is 6.42 Å². The van der Waals surface area contributed by atoms with Gasteiger partial charge in [-0.1, -0.05) is 54.6 Å². The van der Waals surface area contributed by atoms with Crippen molar-refractivity contribution in [3.8, 4) is 0 Å². The van der Waals surface area contributed by atoms with E-state index in [1.54, 1.807) is 5.20 Å². The minimum atomic E-state index is 0.272. The van der Waals surface area contributed by atoms with Crippen LogP contribution >= 0.6 is 0 Å². The second-order valence-electron chi connectivity index (χ2n) is 3.89. The molecule has 72 valence electrons. The van der Waals surface area contributed by atoms with Crippen molar-refractivity contribution in [3.05, 3.63) is 69.4 Å². The molecule has 0 amide bonds. The summed E-state index contributed by atoms with van der Waals surface area (Å²) in [5.74, 6) is 0. The van der Waals surface area contributed by atoms with Gasteiger partial charge in [0.05, 0.1) is 0 Å². The van der Waals surface area contributed by atoms with Crippen molar-refractivity contribution in [2.75, 3.05) is 0 Å². The summed E-state index contributed by atoms with van der Waals surface area (Å²) in [5.41, 5.74) is 1.50. The van der Waals surface area contributed by atoms with E-state index in [1.165, 1.54) is 15.6 Å². The van der Waals surface area contributed by atoms with Crippen LogP contribution in [0.2, 0.25) is 0 Å². The van der Waals surface area contributed by atoms with E-state index >= 15 is 0 Å². The lowest BCUT2D eigenvalue weighted by Gasteiger charge is -2.07. The smallest absolute Gasteiger partial charge is 0.0397 e. The molecule has 0 fully saturated rings. The van der Waals surface area contributed by atoms with E-state index in [9.17, 15) is 0 Å². The quantitative estimate of drug-likeness (QED) is 0.572. The second-order valence-corrected chi connectivity index (χ2v) is 5.42. The third kappa shape index (κ3) is 1.59. The molecule has 15 heavy (non-hydrogen) atoms. The maximum atomic E-state index is 2.29. The SMILES string of the molecule is C1=CCC2=CC=c3ccccc3=[SiH]C2=C1. The zero-order chi connectivity index (χ0) is 10.1. The maximum absolute atomic E-state index is 2.29. The Morgan fingerprint density at radius 3 is 2.93 bits per heavy atom. The highest BCUT2D eigenvalue weighted by Crippen LogP contribution is 2.18. The van der Waals surface area contributed by atoms with E-state index < -0.39 is 0 Å². The van der Waals surface area contributed by atoms with Gasteiger partial charge in [-0.3, -0.25) is 0 Å². The number of fused-ring (bicyclic) bond motifs is 2. The summed E-state index contributed by atoms with van der Waals surface area (Å²) < 4.78 is 0. The van der Waals surface area contributed by atoms with Crippen molar-refractivity contribution in [3.63, 3.8) is 0 Å². The van der Waals surface area contributed by atoms with Crippen LogP contribution in [0.5, 0.6) is 0 Å². The highest BCUT2D eigenvalue weighted by atomic mass is 28.2. The summed E-state index contributed by atoms with van der Waals surface area (Å²) in [6, 6.07) is 8.74. The Labute approximate surface area is 91.4 Å². The lowest BCUT2D eigenvalue weighted by atomic mass is 10.1. The molecule has 0 saturated heterocycles. The minimum absolute atomic E-state index is 0.272. The molecule has 0 saturated carbocycles. The van der Waals surface area contributed by atoms with Crippen LogP contribution in [0.25, 0.3) is 6.08 Å². The van der Waals surface area contributed by atoms with Gasteiger partial charge in [0.2, 0.25) is 0 Å². The predicted molar refractivity (Wildman–Crippen MR) is 66.4 cm³/mol. The zero-order valence-corrected chi connectivity index (χ0v) is 9.64. The van der Waals surface area contributed by atoms with Crippen LogP contribution in [0.1, 0.15) is 6.42 Å². The fourth-order valence-electron chi connectivity index (χ4n) is 2.05. The number of rotatable bonds is 0. The van der Waals surface area contributed by atoms with Gasteiger partial charge < -0.3 is 0 Å². The Bertz CT molecular complexity index is 600. The van der Waals surface area contributed by atoms with Crippen LogP contribution in [0, 0.1) is 4.81 Å². The van der Waals surface area contributed by atoms with Crippen molar-refractivity contribution < 1.29 is 0 Å². The standard InChI is InChI=1S/C14H12Si/c1-3-7-13-11(5-1)9-10-12-6-2-4-8-14(12)15-13/h1-5,7-10,15H,6H2. The molecule has 0 bridgehead atoms. The first kappa shape index (κ1) is 8.80. The first-order valence-electron chi connectivity index (χ1n) is 5.28. The lowest BCUT2D eigenvalue weighted by molar-refractivity contribution is 1.25. The fraction of sp³-hybridized carbons (Fsp3) is 0.0714. The largest absolute Gasteiger partial charge is 0.0801 e. The third-order valence-corrected chi connectivity index (χ3v) is 4.60. The molecule has 3 rings (SSSR count). The molecular formula is C14H12Si. The van der Waals surface area contributed by atoms with Gasteiger partial charge >= 0.3 is 0 Å². The number of benzene rings is 1. The Morgan fingerprint density at radius 1 is 1.00 bits per heavy atom. The molecule has 0 aromatic heterocycles. The van der Waals surface area contributed by atoms with E-state index in [0.29, 0.717) is 0 Å². The number of hydrogen-bond acceptors (Lipinski definition) is 0. The maximum Gasteiger partial charge on any atom is 0.0397 e. The van der Waals surface area contributed by atoms with Crippen LogP contribution in [-0.2, 0) is 0 Å². The Kier molecular flexibility index (Phi) is 2.11. The molecule has 1 heteroatoms. The van der Waals surface area contributed by atoms with Gasteiger partial charge in [0.25, 0.3) is 0 Å². The van der Waals surface area contributed by atoms with Gasteiger partial charge in [0, 0.05) is 9.13 Å². The normalized spacial score (nSPS) is 17.3. The molecule has 0 spiro atoms. The first-order chi connectivity index (χ1) is 7.43. The zero-order valence-electron chi connectivity index (χ0n) is 8.48. The Hall–Kier alpha value is -1.47. The van der Waals surface area contributed by atoms with Crippen molar-refractivity contribution in [1.29, 1.82) is 0 Å². The summed E-state index contributed by atoms with van der Waals surface area (Å²) in [6.07, 6.45) is 12.3. The van der Waals surface area contributed by atoms with E-state index in [4.69, 9.17) is 0 Å². The third-order valence-electron chi connectivity index (χ3n) is 2.89. The molecule has 2 aliphatic rings. The average molecular weight is 208 g/mol. The van der Waals surface area contributed by atoms with E-state index in [1.807, 2.05) is 0 Å². The van der Waals surface area contributed by atoms with Crippen LogP contribution in [0.3, 0.4) is 0 Å². The van der Waals surface area contributed by atoms with Gasteiger partial charge in [0.15, 0.2) is 0 Å². The molecule has 1 aliphatic carbocycles. The van der Waals surface area contributed by atoms with Gasteiger partial charge in [-0.15, -0.1) is 0 Å². The molecular weight excluding hydrogens is 196 g/mol. The average Bonchev–Trinajstić information content (AvgIpc) is 2.48. The van der Waals surface area contributed by atoms with E-state index in [2.05, 4.69) is 54.6 Å². The van der Waals surface area contributed by atoms with Crippen LogP contribution < -0.4 is 5.22 Å². The molecule has 1 aromatic carbocycles. The summed E-state index contributed by atoms with van der Waals surface area (Å²) in [6.45, 7) is 0. The highest BCUT2D eigenvalue weighted by molar-refractivity contribution is 6.39. The molecule has 1 aromatic rings. The molecule has 1 aliphatic heterocycles. The van der Waals surface area contributed by atoms with Crippen molar-refractivity contribution in [2.24, 2.45) is 0 Å². The van der Waals surface area contributed by atoms with E-state index in [0.717, 1.165) is 6.42 Å². The summed E-state index contributed by atoms with van der Waals surface area (Å²) in [4.78, 5) is 1.52. The number of allylic oxidation sites excluding steroid dienone is 6. The molecule has 0 radical (unpaired) electrons. The van der Waals surface area contributed by atoms with Crippen molar-refractivity contribution in [1.82, 2.24) is 0 Å². The summed E-state index contributed by atoms with van der Waals surface area (Å²) in [5, 5.41) is 2.95. The molecule has 1 heterocycles. The van der Waals surface area contributed by atoms with Crippen LogP contribution in [-0.4, -0.2) is 9.13 Å². The highest BCUT2D eigenvalue weighted by Gasteiger charge is 2.04. The molecule has 0 atom stereocenters. The topological polar surface area (TPSA) is 0 Å². The van der Waals surface area contributed by atoms with Gasteiger partial charge in [0.1, 0.15) is 0 Å². The van der Waals surface area contributed by atoms with Crippen LogP contribution in [0.4, 0.5) is 0 Å².